The van der Waals surface area contributed by atoms with E-state index < -0.39 is 5.91 Å². The number of rotatable bonds is 2. The number of aryl methyl sites for hydroxylation is 2. The molecule has 0 spiro atoms. The van der Waals surface area contributed by atoms with Crippen molar-refractivity contribution < 1.29 is 9.53 Å². The Kier molecular flexibility index (Phi) is 7.17. The van der Waals surface area contributed by atoms with Crippen molar-refractivity contribution in [3.05, 3.63) is 52.7 Å². The van der Waals surface area contributed by atoms with Crippen molar-refractivity contribution in [1.29, 1.82) is 5.41 Å². The topological polar surface area (TPSA) is 169 Å². The van der Waals surface area contributed by atoms with Crippen molar-refractivity contribution in [2.24, 2.45) is 16.6 Å². The number of carbonyl (C=O) groups excluding carboxylic acids is 1. The Labute approximate surface area is 208 Å². The minimum atomic E-state index is -0.650. The number of nitrogens with zero attached hydrogens (tertiary/aromatic N) is 6. The third-order valence-electron chi connectivity index (χ3n) is 5.99. The van der Waals surface area contributed by atoms with Crippen LogP contribution in [0.15, 0.2) is 29.6 Å². The van der Waals surface area contributed by atoms with Gasteiger partial charge in [0.25, 0.3) is 11.9 Å². The Balaban J connectivity index is 1.52. The van der Waals surface area contributed by atoms with Gasteiger partial charge in [0.2, 0.25) is 0 Å². The summed E-state index contributed by atoms with van der Waals surface area (Å²) in [5, 5.41) is 8.13. The van der Waals surface area contributed by atoms with Crippen LogP contribution in [0.25, 0.3) is 11.0 Å². The molecule has 11 heteroatoms. The number of amidine groups is 1. The summed E-state index contributed by atoms with van der Waals surface area (Å²) in [5.41, 5.74) is 15.6. The van der Waals surface area contributed by atoms with E-state index in [-0.39, 0.29) is 29.2 Å². The fourth-order valence-electron chi connectivity index (χ4n) is 3.75. The molecule has 1 aliphatic rings. The second-order valence-electron chi connectivity index (χ2n) is 8.66. The number of nitrogen functional groups attached to an aromatic ring is 1. The zero-order valence-electron chi connectivity index (χ0n) is 20.4. The lowest BCUT2D eigenvalue weighted by atomic mass is 9.97. The molecule has 4 rings (SSSR count). The van der Waals surface area contributed by atoms with Crippen LogP contribution in [0.2, 0.25) is 0 Å². The van der Waals surface area contributed by atoms with E-state index in [1.165, 1.54) is 18.5 Å². The largest absolute Gasteiger partial charge is 0.411 e. The summed E-state index contributed by atoms with van der Waals surface area (Å²) >= 11 is 0. The second kappa shape index (κ2) is 10.5. The molecule has 1 aliphatic heterocycles. The van der Waals surface area contributed by atoms with Gasteiger partial charge >= 0.3 is 0 Å². The zero-order valence-corrected chi connectivity index (χ0v) is 20.4. The number of ether oxygens (including phenoxy) is 1. The molecule has 0 bridgehead atoms. The van der Waals surface area contributed by atoms with Crippen molar-refractivity contribution in [3.63, 3.8) is 0 Å². The third kappa shape index (κ3) is 5.61. The minimum Gasteiger partial charge on any atom is -0.411 e. The van der Waals surface area contributed by atoms with E-state index >= 15 is 0 Å². The lowest BCUT2D eigenvalue weighted by molar-refractivity contribution is 0.1000. The van der Waals surface area contributed by atoms with E-state index in [9.17, 15) is 4.79 Å². The van der Waals surface area contributed by atoms with E-state index in [1.54, 1.807) is 6.20 Å². The van der Waals surface area contributed by atoms with Crippen LogP contribution in [0.1, 0.15) is 45.7 Å². The van der Waals surface area contributed by atoms with Gasteiger partial charge in [-0.25, -0.2) is 15.0 Å². The molecular formula is C25H27N9O2. The first-order chi connectivity index (χ1) is 17.2. The Hall–Kier alpha value is -4.43. The Morgan fingerprint density at radius 1 is 1.17 bits per heavy atom. The summed E-state index contributed by atoms with van der Waals surface area (Å²) in [6.07, 6.45) is 6.02. The summed E-state index contributed by atoms with van der Waals surface area (Å²) in [5.74, 6) is 5.49. The number of nitrogens with one attached hydrogen (secondary N) is 1. The van der Waals surface area contributed by atoms with Gasteiger partial charge in [-0.1, -0.05) is 11.8 Å². The predicted octanol–water partition coefficient (Wildman–Crippen LogP) is 1.81. The summed E-state index contributed by atoms with van der Waals surface area (Å²) < 4.78 is 5.31. The van der Waals surface area contributed by atoms with Crippen LogP contribution < -0.4 is 11.5 Å². The number of hydrogen-bond acceptors (Lipinski definition) is 9. The van der Waals surface area contributed by atoms with Crippen LogP contribution in [0.4, 0.5) is 5.82 Å². The molecule has 3 aromatic rings. The highest BCUT2D eigenvalue weighted by molar-refractivity contribution is 6.03. The summed E-state index contributed by atoms with van der Waals surface area (Å²) in [4.78, 5) is 35.9. The molecule has 11 nitrogen and oxygen atoms in total. The number of anilines is 1. The number of likely N-dealkylation sites (tertiary alicyclic amines) is 1. The molecule has 0 saturated carbocycles. The van der Waals surface area contributed by atoms with Gasteiger partial charge in [-0.15, -0.1) is 0 Å². The first kappa shape index (κ1) is 24.7. The molecule has 0 aliphatic carbocycles. The van der Waals surface area contributed by atoms with Crippen LogP contribution in [-0.2, 0) is 4.74 Å². The smallest absolute Gasteiger partial charge is 0.296 e. The first-order valence-electron chi connectivity index (χ1n) is 11.4. The van der Waals surface area contributed by atoms with Crippen LogP contribution in [-0.4, -0.2) is 62.8 Å². The summed E-state index contributed by atoms with van der Waals surface area (Å²) in [6, 6.07) is 1.16. The van der Waals surface area contributed by atoms with Crippen molar-refractivity contribution in [2.75, 3.05) is 25.9 Å². The van der Waals surface area contributed by atoms with Gasteiger partial charge < -0.3 is 21.1 Å². The van der Waals surface area contributed by atoms with E-state index in [0.29, 0.717) is 22.2 Å². The Morgan fingerprint density at radius 3 is 2.64 bits per heavy atom. The van der Waals surface area contributed by atoms with Gasteiger partial charge in [-0.2, -0.15) is 4.99 Å². The lowest BCUT2D eigenvalue weighted by Crippen LogP contribution is -2.35. The standard InChI is InChI=1S/C25H27N9O2/c1-14-15(2)32-21-19(22(26)30-13-20(21)31-14)5-4-16-10-18(12-29-11-16)24(35)33-25(28)36-23(27)17-6-8-34(3)9-7-17/h10-13,17,27H,6-9H2,1-3H3,(H2,26,30)(H2,28,33,35). The molecule has 3 aromatic heterocycles. The SMILES string of the molecule is Cc1nc2cnc(N)c(C#Cc3cncc(C(=O)N=C(N)OC(=N)C4CCN(C)CC4)c3)c2nc1C. The van der Waals surface area contributed by atoms with Crippen molar-refractivity contribution in [1.82, 2.24) is 24.8 Å². The van der Waals surface area contributed by atoms with Gasteiger partial charge in [0, 0.05) is 23.9 Å². The van der Waals surface area contributed by atoms with Gasteiger partial charge in [0.1, 0.15) is 16.9 Å². The predicted molar refractivity (Wildman–Crippen MR) is 136 cm³/mol. The number of pyridine rings is 2. The Morgan fingerprint density at radius 2 is 1.89 bits per heavy atom. The van der Waals surface area contributed by atoms with E-state index in [4.69, 9.17) is 21.6 Å². The molecule has 4 heterocycles. The monoisotopic (exact) mass is 485 g/mol. The average molecular weight is 486 g/mol. The number of piperidine rings is 1. The maximum absolute atomic E-state index is 12.6. The van der Waals surface area contributed by atoms with Crippen molar-refractivity contribution in [3.8, 4) is 11.8 Å². The molecular weight excluding hydrogens is 458 g/mol. The molecule has 36 heavy (non-hydrogen) atoms. The molecule has 0 radical (unpaired) electrons. The molecule has 1 fully saturated rings. The van der Waals surface area contributed by atoms with Crippen molar-refractivity contribution >= 4 is 34.7 Å². The average Bonchev–Trinajstić information content (AvgIpc) is 2.85. The van der Waals surface area contributed by atoms with E-state index in [2.05, 4.69) is 41.7 Å². The maximum Gasteiger partial charge on any atom is 0.296 e. The molecule has 1 amide bonds. The quantitative estimate of drug-likeness (QED) is 0.278. The number of hydrogen-bond donors (Lipinski definition) is 3. The molecule has 0 atom stereocenters. The number of fused-ring (bicyclic) bond motifs is 1. The first-order valence-corrected chi connectivity index (χ1v) is 11.4. The number of nitrogens with two attached hydrogens (primary N) is 2. The van der Waals surface area contributed by atoms with Crippen LogP contribution >= 0.6 is 0 Å². The highest BCUT2D eigenvalue weighted by Gasteiger charge is 2.23. The summed E-state index contributed by atoms with van der Waals surface area (Å²) in [7, 11) is 2.03. The maximum atomic E-state index is 12.6. The van der Waals surface area contributed by atoms with Gasteiger partial charge in [-0.3, -0.25) is 15.2 Å². The molecule has 0 aromatic carbocycles. The number of aromatic nitrogens is 4. The lowest BCUT2D eigenvalue weighted by Gasteiger charge is -2.28. The third-order valence-corrected chi connectivity index (χ3v) is 5.99. The van der Waals surface area contributed by atoms with E-state index in [1.807, 2.05) is 20.9 Å². The number of aliphatic imine (C=N–C) groups is 1. The zero-order chi connectivity index (χ0) is 25.8. The number of amides is 1. The molecule has 0 unspecified atom stereocenters. The Bertz CT molecular complexity index is 1430. The van der Waals surface area contributed by atoms with E-state index in [0.717, 1.165) is 37.3 Å². The molecule has 1 saturated heterocycles. The molecule has 184 valence electrons. The van der Waals surface area contributed by atoms with Crippen LogP contribution in [0.3, 0.4) is 0 Å². The fraction of sp³-hybridized carbons (Fsp3) is 0.320. The normalized spacial score (nSPS) is 14.8. The van der Waals surface area contributed by atoms with Crippen molar-refractivity contribution in [2.45, 2.75) is 26.7 Å². The van der Waals surface area contributed by atoms with Gasteiger partial charge in [0.05, 0.1) is 28.7 Å². The fourth-order valence-corrected chi connectivity index (χ4v) is 3.75. The minimum absolute atomic E-state index is 0.0182. The molecule has 5 N–H and O–H groups in total. The highest BCUT2D eigenvalue weighted by atomic mass is 16.5. The van der Waals surface area contributed by atoms with Gasteiger partial charge in [0.15, 0.2) is 5.90 Å². The second-order valence-corrected chi connectivity index (χ2v) is 8.66. The van der Waals surface area contributed by atoms with Crippen LogP contribution in [0, 0.1) is 37.0 Å². The van der Waals surface area contributed by atoms with Gasteiger partial charge in [-0.05, 0) is 52.9 Å². The summed E-state index contributed by atoms with van der Waals surface area (Å²) in [6.45, 7) is 5.48. The van der Waals surface area contributed by atoms with Crippen LogP contribution in [0.5, 0.6) is 0 Å². The highest BCUT2D eigenvalue weighted by Crippen LogP contribution is 2.20. The number of carbonyl (C=O) groups is 1.